The van der Waals surface area contributed by atoms with Crippen LogP contribution in [-0.4, -0.2) is 91.3 Å². The van der Waals surface area contributed by atoms with Crippen molar-refractivity contribution in [3.05, 3.63) is 47.5 Å². The fourth-order valence-electron chi connectivity index (χ4n) is 5.66. The maximum atomic E-state index is 14.2. The van der Waals surface area contributed by atoms with Crippen molar-refractivity contribution in [1.29, 1.82) is 0 Å². The van der Waals surface area contributed by atoms with Gasteiger partial charge in [-0.15, -0.1) is 0 Å². The van der Waals surface area contributed by atoms with Crippen molar-refractivity contribution < 1.29 is 46.8 Å². The van der Waals surface area contributed by atoms with Gasteiger partial charge in [-0.1, -0.05) is 13.0 Å². The van der Waals surface area contributed by atoms with Crippen molar-refractivity contribution in [2.24, 2.45) is 5.92 Å². The number of amides is 2. The number of fused-ring (bicyclic) bond motifs is 2. The third-order valence-corrected chi connectivity index (χ3v) is 8.35. The van der Waals surface area contributed by atoms with Gasteiger partial charge < -0.3 is 34.3 Å². The van der Waals surface area contributed by atoms with Crippen LogP contribution in [0.1, 0.15) is 68.8 Å². The highest BCUT2D eigenvalue weighted by molar-refractivity contribution is 5.99. The highest BCUT2D eigenvalue weighted by atomic mass is 19.4. The normalized spacial score (nSPS) is 21.5. The molecule has 2 aromatic carbocycles. The van der Waals surface area contributed by atoms with Crippen molar-refractivity contribution >= 4 is 17.5 Å². The first-order valence-electron chi connectivity index (χ1n) is 16.1. The minimum atomic E-state index is -4.46. The Bertz CT molecular complexity index is 1360. The SMILES string of the molecule is C[C@@H]1CN([C@H](C)CO)C(=O)c2cc(NC(=O)CCC(F)(F)F)ccc2O[C@@H](C)CCCCO[C@@H]1CN(C)Cc1ccc2c(c1)OCO2. The molecule has 2 heterocycles. The minimum Gasteiger partial charge on any atom is -0.490 e. The van der Waals surface area contributed by atoms with Gasteiger partial charge >= 0.3 is 6.18 Å². The van der Waals surface area contributed by atoms with Crippen LogP contribution in [0.5, 0.6) is 17.2 Å². The van der Waals surface area contributed by atoms with E-state index in [0.717, 1.165) is 24.2 Å². The Kier molecular flexibility index (Phi) is 12.8. The number of carbonyl (C=O) groups excluding carboxylic acids is 2. The van der Waals surface area contributed by atoms with Crippen LogP contribution in [0.2, 0.25) is 0 Å². The number of nitrogens with zero attached hydrogens (tertiary/aromatic N) is 2. The van der Waals surface area contributed by atoms with E-state index < -0.39 is 36.9 Å². The van der Waals surface area contributed by atoms with Crippen LogP contribution in [0.4, 0.5) is 18.9 Å². The van der Waals surface area contributed by atoms with E-state index in [1.807, 2.05) is 39.1 Å². The molecule has 0 bridgehead atoms. The summed E-state index contributed by atoms with van der Waals surface area (Å²) in [5.41, 5.74) is 1.38. The topological polar surface area (TPSA) is 110 Å². The van der Waals surface area contributed by atoms with E-state index in [2.05, 4.69) is 10.2 Å². The van der Waals surface area contributed by atoms with Crippen molar-refractivity contribution in [1.82, 2.24) is 9.80 Å². The molecule has 2 aromatic rings. The molecule has 0 saturated heterocycles. The molecule has 13 heteroatoms. The molecule has 0 saturated carbocycles. The number of anilines is 1. The van der Waals surface area contributed by atoms with Crippen molar-refractivity contribution in [2.75, 3.05) is 45.5 Å². The lowest BCUT2D eigenvalue weighted by Gasteiger charge is -2.36. The Morgan fingerprint density at radius 1 is 1.11 bits per heavy atom. The lowest BCUT2D eigenvalue weighted by molar-refractivity contribution is -0.142. The molecule has 2 N–H and O–H groups in total. The lowest BCUT2D eigenvalue weighted by atomic mass is 10.0. The lowest BCUT2D eigenvalue weighted by Crippen LogP contribution is -2.47. The van der Waals surface area contributed by atoms with E-state index in [-0.39, 0.29) is 49.3 Å². The molecule has 0 unspecified atom stereocenters. The number of hydrogen-bond acceptors (Lipinski definition) is 8. The molecule has 10 nitrogen and oxygen atoms in total. The predicted molar refractivity (Wildman–Crippen MR) is 170 cm³/mol. The number of carbonyl (C=O) groups is 2. The fourth-order valence-corrected chi connectivity index (χ4v) is 5.66. The zero-order chi connectivity index (χ0) is 34.1. The first kappa shape index (κ1) is 36.3. The van der Waals surface area contributed by atoms with Gasteiger partial charge in [0, 0.05) is 44.3 Å². The summed E-state index contributed by atoms with van der Waals surface area (Å²) in [5, 5.41) is 12.6. The highest BCUT2D eigenvalue weighted by Crippen LogP contribution is 2.33. The number of likely N-dealkylation sites (N-methyl/N-ethyl adjacent to an activating group) is 1. The number of ether oxygens (including phenoxy) is 4. The maximum absolute atomic E-state index is 14.2. The average molecular weight is 666 g/mol. The van der Waals surface area contributed by atoms with Crippen LogP contribution in [0, 0.1) is 5.92 Å². The summed E-state index contributed by atoms with van der Waals surface area (Å²) < 4.78 is 61.6. The molecule has 2 aliphatic rings. The molecule has 2 aliphatic heterocycles. The molecule has 4 rings (SSSR count). The van der Waals surface area contributed by atoms with Gasteiger partial charge in [0.25, 0.3) is 5.91 Å². The van der Waals surface area contributed by atoms with Gasteiger partial charge in [0.15, 0.2) is 11.5 Å². The average Bonchev–Trinajstić information content (AvgIpc) is 3.49. The van der Waals surface area contributed by atoms with Gasteiger partial charge in [-0.25, -0.2) is 0 Å². The van der Waals surface area contributed by atoms with Crippen LogP contribution in [0.15, 0.2) is 36.4 Å². The Morgan fingerprint density at radius 3 is 2.60 bits per heavy atom. The van der Waals surface area contributed by atoms with Crippen molar-refractivity contribution in [3.63, 3.8) is 0 Å². The molecule has 0 aromatic heterocycles. The van der Waals surface area contributed by atoms with E-state index in [4.69, 9.17) is 18.9 Å². The van der Waals surface area contributed by atoms with Crippen molar-refractivity contribution in [3.8, 4) is 17.2 Å². The fraction of sp³-hybridized carbons (Fsp3) is 0.588. The molecule has 260 valence electrons. The summed E-state index contributed by atoms with van der Waals surface area (Å²) >= 11 is 0. The first-order valence-corrected chi connectivity index (χ1v) is 16.1. The summed E-state index contributed by atoms with van der Waals surface area (Å²) in [4.78, 5) is 30.2. The molecular weight excluding hydrogens is 619 g/mol. The zero-order valence-electron chi connectivity index (χ0n) is 27.5. The Balaban J connectivity index is 1.56. The van der Waals surface area contributed by atoms with Crippen LogP contribution < -0.4 is 19.5 Å². The van der Waals surface area contributed by atoms with Crippen LogP contribution in [-0.2, 0) is 16.1 Å². The number of aliphatic hydroxyl groups is 1. The second kappa shape index (κ2) is 16.5. The number of hydrogen-bond donors (Lipinski definition) is 2. The Morgan fingerprint density at radius 2 is 1.85 bits per heavy atom. The maximum Gasteiger partial charge on any atom is 0.389 e. The van der Waals surface area contributed by atoms with Gasteiger partial charge in [-0.2, -0.15) is 13.2 Å². The van der Waals surface area contributed by atoms with Gasteiger partial charge in [0.1, 0.15) is 5.75 Å². The van der Waals surface area contributed by atoms with Crippen LogP contribution in [0.3, 0.4) is 0 Å². The molecule has 0 radical (unpaired) electrons. The van der Waals surface area contributed by atoms with Gasteiger partial charge in [-0.3, -0.25) is 14.5 Å². The van der Waals surface area contributed by atoms with Gasteiger partial charge in [0.2, 0.25) is 12.7 Å². The van der Waals surface area contributed by atoms with Gasteiger partial charge in [-0.05, 0) is 76.1 Å². The summed E-state index contributed by atoms with van der Waals surface area (Å²) in [6.45, 7) is 7.56. The number of aliphatic hydroxyl groups excluding tert-OH is 1. The molecule has 4 atom stereocenters. The molecule has 2 amide bonds. The second-order valence-corrected chi connectivity index (χ2v) is 12.6. The highest BCUT2D eigenvalue weighted by Gasteiger charge is 2.31. The first-order chi connectivity index (χ1) is 22.3. The standard InChI is InChI=1S/C34H46F3N3O7/c1-22-17-40(23(2)20-41)33(43)27-16-26(38-32(42)12-13-34(35,36)37)9-11-28(27)47-24(3)7-5-6-14-44-31(22)19-39(4)18-25-8-10-29-30(15-25)46-21-45-29/h8-11,15-16,22-24,31,41H,5-7,12-14,17-21H2,1-4H3,(H,38,42)/t22-,23-,24+,31-/m1/s1. The largest absolute Gasteiger partial charge is 0.490 e. The van der Waals surface area contributed by atoms with E-state index in [9.17, 15) is 27.9 Å². The predicted octanol–water partition coefficient (Wildman–Crippen LogP) is 5.62. The van der Waals surface area contributed by atoms with Gasteiger partial charge in [0.05, 0.1) is 36.8 Å². The Hall–Kier alpha value is -3.55. The smallest absolute Gasteiger partial charge is 0.389 e. The Labute approximate surface area is 274 Å². The van der Waals surface area contributed by atoms with E-state index in [1.54, 1.807) is 17.9 Å². The number of halogens is 3. The second-order valence-electron chi connectivity index (χ2n) is 12.6. The molecule has 0 aliphatic carbocycles. The minimum absolute atomic E-state index is 0.146. The molecule has 47 heavy (non-hydrogen) atoms. The summed E-state index contributed by atoms with van der Waals surface area (Å²) in [6.07, 6.45) is -4.60. The monoisotopic (exact) mass is 665 g/mol. The van der Waals surface area contributed by atoms with E-state index in [1.165, 1.54) is 12.1 Å². The summed E-state index contributed by atoms with van der Waals surface area (Å²) in [7, 11) is 2.01. The third kappa shape index (κ3) is 10.7. The molecule has 0 fully saturated rings. The number of rotatable bonds is 9. The number of alkyl halides is 3. The molecule has 0 spiro atoms. The van der Waals surface area contributed by atoms with E-state index in [0.29, 0.717) is 37.6 Å². The number of nitrogens with one attached hydrogen (secondary N) is 1. The van der Waals surface area contributed by atoms with E-state index >= 15 is 0 Å². The third-order valence-electron chi connectivity index (χ3n) is 8.35. The molecular formula is C34H46F3N3O7. The van der Waals surface area contributed by atoms with Crippen LogP contribution >= 0.6 is 0 Å². The van der Waals surface area contributed by atoms with Crippen molar-refractivity contribution in [2.45, 2.75) is 83.8 Å². The summed E-state index contributed by atoms with van der Waals surface area (Å²) in [5.74, 6) is 0.337. The quantitative estimate of drug-likeness (QED) is 0.355. The zero-order valence-corrected chi connectivity index (χ0v) is 27.5. The van der Waals surface area contributed by atoms with Crippen LogP contribution in [0.25, 0.3) is 0 Å². The summed E-state index contributed by atoms with van der Waals surface area (Å²) in [6, 6.07) is 9.78. The number of benzene rings is 2.